The predicted molar refractivity (Wildman–Crippen MR) is 100 cm³/mol. The number of rotatable bonds is 3. The third kappa shape index (κ3) is 3.15. The Hall–Kier alpha value is -3.26. The number of benzene rings is 2. The second kappa shape index (κ2) is 6.48. The van der Waals surface area contributed by atoms with Crippen molar-refractivity contribution in [2.75, 3.05) is 10.6 Å². The first-order valence-corrected chi connectivity index (χ1v) is 8.96. The summed E-state index contributed by atoms with van der Waals surface area (Å²) in [4.78, 5) is 29.5. The van der Waals surface area contributed by atoms with Crippen LogP contribution in [0, 0.1) is 5.82 Å². The van der Waals surface area contributed by atoms with Gasteiger partial charge in [0.05, 0.1) is 11.4 Å². The average Bonchev–Trinajstić information content (AvgIpc) is 3.11. The molecule has 3 aromatic rings. The summed E-state index contributed by atoms with van der Waals surface area (Å²) in [6, 6.07) is 12.8. The lowest BCUT2D eigenvalue weighted by atomic mass is 10.0. The molecule has 0 aliphatic carbocycles. The van der Waals surface area contributed by atoms with E-state index in [4.69, 9.17) is 4.74 Å². The number of hydrogen-bond acceptors (Lipinski definition) is 5. The fourth-order valence-corrected chi connectivity index (χ4v) is 3.33. The van der Waals surface area contributed by atoms with E-state index in [0.29, 0.717) is 22.3 Å². The molecule has 8 heteroatoms. The Morgan fingerprint density at radius 1 is 1.22 bits per heavy atom. The number of amides is 2. The number of nitrogens with zero attached hydrogens (tertiary/aromatic N) is 1. The van der Waals surface area contributed by atoms with Crippen molar-refractivity contribution in [3.05, 3.63) is 59.7 Å². The van der Waals surface area contributed by atoms with Gasteiger partial charge in [0.15, 0.2) is 5.13 Å². The van der Waals surface area contributed by atoms with E-state index in [2.05, 4.69) is 15.6 Å². The number of thiazole rings is 1. The van der Waals surface area contributed by atoms with Gasteiger partial charge in [-0.15, -0.1) is 11.3 Å². The third-order valence-corrected chi connectivity index (χ3v) is 4.94. The van der Waals surface area contributed by atoms with E-state index in [0.717, 1.165) is 5.56 Å². The predicted octanol–water partition coefficient (Wildman–Crippen LogP) is 3.68. The molecule has 0 spiro atoms. The first-order valence-electron chi connectivity index (χ1n) is 8.08. The maximum Gasteiger partial charge on any atom is 0.280 e. The third-order valence-electron chi connectivity index (χ3n) is 4.18. The summed E-state index contributed by atoms with van der Waals surface area (Å²) in [7, 11) is 0. The lowest BCUT2D eigenvalue weighted by Gasteiger charge is -2.32. The molecule has 1 aliphatic heterocycles. The van der Waals surface area contributed by atoms with Crippen molar-refractivity contribution in [2.45, 2.75) is 12.5 Å². The van der Waals surface area contributed by atoms with E-state index in [1.165, 1.54) is 30.4 Å². The zero-order valence-corrected chi connectivity index (χ0v) is 15.0. The summed E-state index contributed by atoms with van der Waals surface area (Å²) in [6.07, 6.45) is 0. The average molecular weight is 383 g/mol. The van der Waals surface area contributed by atoms with E-state index in [1.54, 1.807) is 41.8 Å². The van der Waals surface area contributed by atoms with E-state index < -0.39 is 17.4 Å². The molecule has 6 nitrogen and oxygen atoms in total. The fraction of sp³-hybridized carbons (Fsp3) is 0.105. The van der Waals surface area contributed by atoms with Gasteiger partial charge in [0.1, 0.15) is 11.6 Å². The van der Waals surface area contributed by atoms with E-state index in [1.807, 2.05) is 0 Å². The Balaban J connectivity index is 1.54. The number of hydrogen-bond donors (Lipinski definition) is 2. The highest BCUT2D eigenvalue weighted by atomic mass is 32.1. The van der Waals surface area contributed by atoms with Gasteiger partial charge in [-0.1, -0.05) is 12.1 Å². The van der Waals surface area contributed by atoms with Gasteiger partial charge in [0.2, 0.25) is 0 Å². The summed E-state index contributed by atoms with van der Waals surface area (Å²) < 4.78 is 18.7. The van der Waals surface area contributed by atoms with Crippen molar-refractivity contribution < 1.29 is 18.7 Å². The molecule has 0 fully saturated rings. The van der Waals surface area contributed by atoms with Crippen molar-refractivity contribution in [1.29, 1.82) is 0 Å². The summed E-state index contributed by atoms with van der Waals surface area (Å²) in [6.45, 7) is 1.40. The topological polar surface area (TPSA) is 80.3 Å². The largest absolute Gasteiger partial charge is 0.466 e. The van der Waals surface area contributed by atoms with Crippen LogP contribution in [0.3, 0.4) is 0 Å². The molecule has 0 radical (unpaired) electrons. The molecule has 0 saturated heterocycles. The van der Waals surface area contributed by atoms with E-state index >= 15 is 0 Å². The lowest BCUT2D eigenvalue weighted by molar-refractivity contribution is -0.143. The van der Waals surface area contributed by atoms with Crippen LogP contribution in [0.25, 0.3) is 11.3 Å². The van der Waals surface area contributed by atoms with E-state index in [-0.39, 0.29) is 5.82 Å². The fourth-order valence-electron chi connectivity index (χ4n) is 2.62. The number of ether oxygens (including phenoxy) is 1. The number of aromatic nitrogens is 1. The molecule has 1 aromatic heterocycles. The molecule has 2 aromatic carbocycles. The first-order chi connectivity index (χ1) is 13.0. The van der Waals surface area contributed by atoms with Gasteiger partial charge < -0.3 is 10.1 Å². The van der Waals surface area contributed by atoms with Gasteiger partial charge in [0.25, 0.3) is 17.4 Å². The molecule has 0 saturated carbocycles. The Labute approximate surface area is 158 Å². The zero-order valence-electron chi connectivity index (χ0n) is 14.2. The smallest absolute Gasteiger partial charge is 0.280 e. The zero-order chi connectivity index (χ0) is 19.0. The summed E-state index contributed by atoms with van der Waals surface area (Å²) >= 11 is 1.20. The minimum atomic E-state index is -1.73. The number of nitrogens with one attached hydrogen (secondary N) is 2. The van der Waals surface area contributed by atoms with Crippen LogP contribution >= 0.6 is 11.3 Å². The van der Waals surface area contributed by atoms with Crippen LogP contribution < -0.4 is 15.4 Å². The van der Waals surface area contributed by atoms with Crippen LogP contribution in [0.2, 0.25) is 0 Å². The molecule has 1 aliphatic rings. The molecule has 2 heterocycles. The molecule has 4 rings (SSSR count). The van der Waals surface area contributed by atoms with E-state index in [9.17, 15) is 14.0 Å². The molecular formula is C19H14FN3O3S. The quantitative estimate of drug-likeness (QED) is 0.676. The second-order valence-corrected chi connectivity index (χ2v) is 6.94. The highest BCUT2D eigenvalue weighted by molar-refractivity contribution is 7.14. The Bertz CT molecular complexity index is 1030. The highest BCUT2D eigenvalue weighted by Crippen LogP contribution is 2.34. The maximum atomic E-state index is 13.0. The number of fused-ring (bicyclic) bond motifs is 1. The van der Waals surface area contributed by atoms with Gasteiger partial charge in [-0.3, -0.25) is 14.9 Å². The van der Waals surface area contributed by atoms with Gasteiger partial charge in [-0.2, -0.15) is 0 Å². The van der Waals surface area contributed by atoms with Crippen molar-refractivity contribution in [3.63, 3.8) is 0 Å². The van der Waals surface area contributed by atoms with Crippen molar-refractivity contribution in [2.24, 2.45) is 0 Å². The van der Waals surface area contributed by atoms with Crippen LogP contribution in [0.1, 0.15) is 6.92 Å². The van der Waals surface area contributed by atoms with Crippen LogP contribution in [0.5, 0.6) is 5.75 Å². The van der Waals surface area contributed by atoms with Crippen molar-refractivity contribution in [3.8, 4) is 17.0 Å². The van der Waals surface area contributed by atoms with Crippen molar-refractivity contribution in [1.82, 2.24) is 4.98 Å². The van der Waals surface area contributed by atoms with Crippen molar-refractivity contribution >= 4 is 34.0 Å². The second-order valence-electron chi connectivity index (χ2n) is 6.08. The summed E-state index contributed by atoms with van der Waals surface area (Å²) in [5, 5.41) is 7.35. The lowest BCUT2D eigenvalue weighted by Crippen LogP contribution is -2.56. The first kappa shape index (κ1) is 17.2. The van der Waals surface area contributed by atoms with Crippen LogP contribution in [0.15, 0.2) is 53.9 Å². The molecular weight excluding hydrogens is 369 g/mol. The molecule has 1 unspecified atom stereocenters. The Kier molecular flexibility index (Phi) is 4.12. The Morgan fingerprint density at radius 2 is 1.96 bits per heavy atom. The molecule has 2 amide bonds. The molecule has 1 atom stereocenters. The molecule has 27 heavy (non-hydrogen) atoms. The van der Waals surface area contributed by atoms with Gasteiger partial charge in [-0.25, -0.2) is 9.37 Å². The standard InChI is InChI=1S/C19H14FN3O3S/c1-19(16(24)21-13-4-2-3-5-15(13)26-19)17(25)23-18-22-14(10-27-18)11-6-8-12(20)9-7-11/h2-10H,1H3,(H,21,24)(H,22,23,25). The van der Waals surface area contributed by atoms with Crippen LogP contribution in [-0.2, 0) is 9.59 Å². The van der Waals surface area contributed by atoms with Gasteiger partial charge in [-0.05, 0) is 43.3 Å². The molecule has 0 bridgehead atoms. The highest BCUT2D eigenvalue weighted by Gasteiger charge is 2.47. The Morgan fingerprint density at radius 3 is 2.74 bits per heavy atom. The summed E-state index contributed by atoms with van der Waals surface area (Å²) in [5.41, 5.74) is 0.108. The minimum Gasteiger partial charge on any atom is -0.466 e. The monoisotopic (exact) mass is 383 g/mol. The SMILES string of the molecule is CC1(C(=O)Nc2nc(-c3ccc(F)cc3)cs2)Oc2ccccc2NC1=O. The maximum absolute atomic E-state index is 13.0. The molecule has 136 valence electrons. The number of para-hydroxylation sites is 2. The number of halogens is 1. The molecule has 2 N–H and O–H groups in total. The minimum absolute atomic E-state index is 0.316. The van der Waals surface area contributed by atoms with Crippen LogP contribution in [-0.4, -0.2) is 22.4 Å². The number of carbonyl (C=O) groups excluding carboxylic acids is 2. The van der Waals surface area contributed by atoms with Gasteiger partial charge in [0, 0.05) is 10.9 Å². The number of anilines is 2. The summed E-state index contributed by atoms with van der Waals surface area (Å²) in [5.74, 6) is -1.11. The van der Waals surface area contributed by atoms with Crippen LogP contribution in [0.4, 0.5) is 15.2 Å². The normalized spacial score (nSPS) is 18.2. The van der Waals surface area contributed by atoms with Gasteiger partial charge >= 0.3 is 0 Å². The number of carbonyl (C=O) groups is 2.